The van der Waals surface area contributed by atoms with E-state index >= 15 is 0 Å². The van der Waals surface area contributed by atoms with E-state index in [4.69, 9.17) is 13.9 Å². The van der Waals surface area contributed by atoms with E-state index in [2.05, 4.69) is 15.3 Å². The van der Waals surface area contributed by atoms with E-state index in [1.807, 2.05) is 24.3 Å². The fourth-order valence-corrected chi connectivity index (χ4v) is 3.64. The molecule has 0 spiro atoms. The van der Waals surface area contributed by atoms with Gasteiger partial charge in [0.05, 0.1) is 18.4 Å². The minimum atomic E-state index is -4.36. The van der Waals surface area contributed by atoms with Gasteiger partial charge in [0.2, 0.25) is 5.89 Å². The Bertz CT molecular complexity index is 1380. The molecule has 39 heavy (non-hydrogen) atoms. The van der Waals surface area contributed by atoms with Crippen molar-refractivity contribution in [2.75, 3.05) is 6.61 Å². The molecule has 0 fully saturated rings. The minimum Gasteiger partial charge on any atom is -0.487 e. The Kier molecular flexibility index (Phi) is 9.14. The number of aryl methyl sites for hydroxylation is 2. The van der Waals surface area contributed by atoms with Crippen molar-refractivity contribution in [2.24, 2.45) is 0 Å². The number of nitrogens with zero attached hydrogens (tertiary/aromatic N) is 4. The Morgan fingerprint density at radius 2 is 1.82 bits per heavy atom. The summed E-state index contributed by atoms with van der Waals surface area (Å²) in [6.45, 7) is 2.91. The van der Waals surface area contributed by atoms with Crippen molar-refractivity contribution < 1.29 is 31.9 Å². The van der Waals surface area contributed by atoms with Gasteiger partial charge in [-0.15, -0.1) is 5.10 Å². The number of esters is 1. The number of unbranched alkanes of at least 4 members (excludes halogenated alkanes) is 1. The molecule has 2 aromatic carbocycles. The number of aromatic nitrogens is 4. The first-order valence-corrected chi connectivity index (χ1v) is 12.4. The van der Waals surface area contributed by atoms with E-state index in [-0.39, 0.29) is 12.3 Å². The summed E-state index contributed by atoms with van der Waals surface area (Å²) in [5.74, 6) is 0.549. The first kappa shape index (κ1) is 27.6. The van der Waals surface area contributed by atoms with Gasteiger partial charge >= 0.3 is 12.1 Å². The summed E-state index contributed by atoms with van der Waals surface area (Å²) in [7, 11) is 0. The second-order valence-electron chi connectivity index (χ2n) is 8.61. The molecule has 0 saturated carbocycles. The Labute approximate surface area is 223 Å². The zero-order valence-electron chi connectivity index (χ0n) is 21.2. The van der Waals surface area contributed by atoms with Gasteiger partial charge < -0.3 is 13.9 Å². The van der Waals surface area contributed by atoms with Crippen molar-refractivity contribution in [1.29, 1.82) is 0 Å². The lowest BCUT2D eigenvalue weighted by molar-refractivity contribution is -0.137. The fourth-order valence-electron chi connectivity index (χ4n) is 3.64. The van der Waals surface area contributed by atoms with Crippen LogP contribution in [0.3, 0.4) is 0 Å². The van der Waals surface area contributed by atoms with Crippen molar-refractivity contribution in [2.45, 2.75) is 45.5 Å². The molecule has 0 aliphatic heterocycles. The smallest absolute Gasteiger partial charge is 0.416 e. The second kappa shape index (κ2) is 12.9. The third kappa shape index (κ3) is 8.29. The average molecular weight is 541 g/mol. The zero-order valence-corrected chi connectivity index (χ0v) is 21.2. The van der Waals surface area contributed by atoms with Crippen molar-refractivity contribution in [3.8, 4) is 5.75 Å². The Morgan fingerprint density at radius 3 is 2.54 bits per heavy atom. The summed E-state index contributed by atoms with van der Waals surface area (Å²) in [4.78, 5) is 16.0. The van der Waals surface area contributed by atoms with E-state index in [1.165, 1.54) is 24.0 Å². The second-order valence-corrected chi connectivity index (χ2v) is 8.61. The number of alkyl halides is 3. The van der Waals surface area contributed by atoms with E-state index in [1.54, 1.807) is 30.0 Å². The molecule has 0 atom stereocenters. The number of hydrogen-bond donors (Lipinski definition) is 0. The number of halogens is 3. The highest BCUT2D eigenvalue weighted by Crippen LogP contribution is 2.29. The first-order valence-electron chi connectivity index (χ1n) is 12.4. The highest BCUT2D eigenvalue weighted by atomic mass is 19.4. The Morgan fingerprint density at radius 1 is 1.05 bits per heavy atom. The monoisotopic (exact) mass is 540 g/mol. The highest BCUT2D eigenvalue weighted by Gasteiger charge is 2.29. The predicted octanol–water partition coefficient (Wildman–Crippen LogP) is 6.23. The van der Waals surface area contributed by atoms with Crippen molar-refractivity contribution in [3.05, 3.63) is 95.0 Å². The third-order valence-electron chi connectivity index (χ3n) is 5.66. The molecule has 4 rings (SSSR count). The summed E-state index contributed by atoms with van der Waals surface area (Å²) in [6.07, 6.45) is 4.63. The molecule has 0 saturated heterocycles. The molecule has 2 heterocycles. The van der Waals surface area contributed by atoms with Gasteiger partial charge in [0.15, 0.2) is 5.69 Å². The average Bonchev–Trinajstić information content (AvgIpc) is 3.59. The number of hydrogen-bond acceptors (Lipinski definition) is 7. The molecule has 0 unspecified atom stereocenters. The number of benzene rings is 2. The van der Waals surface area contributed by atoms with Crippen LogP contribution in [-0.2, 0) is 30.5 Å². The fraction of sp³-hybridized carbons (Fsp3) is 0.286. The molecule has 11 heteroatoms. The summed E-state index contributed by atoms with van der Waals surface area (Å²) < 4.78 is 55.7. The standard InChI is InChI=1S/C28H27F3N4O4/c1-2-37-27(36)25-17-35(34-33-25)16-4-3-5-20-8-13-24(14-9-20)38-18-23-19-39-26(32-23)15-10-21-6-11-22(12-7-21)28(29,30)31/h6-15,17,19H,2-5,16,18H2,1H3/b15-10+. The van der Waals surface area contributed by atoms with Crippen LogP contribution in [0.1, 0.15) is 58.5 Å². The van der Waals surface area contributed by atoms with E-state index < -0.39 is 17.7 Å². The van der Waals surface area contributed by atoms with Crippen molar-refractivity contribution in [3.63, 3.8) is 0 Å². The molecular formula is C28H27F3N4O4. The van der Waals surface area contributed by atoms with Crippen molar-refractivity contribution in [1.82, 2.24) is 20.0 Å². The summed E-state index contributed by atoms with van der Waals surface area (Å²) in [5.41, 5.74) is 1.87. The number of oxazole rings is 1. The van der Waals surface area contributed by atoms with Gasteiger partial charge in [0.25, 0.3) is 0 Å². The molecule has 0 aliphatic carbocycles. The molecular weight excluding hydrogens is 513 g/mol. The van der Waals surface area contributed by atoms with Gasteiger partial charge in [-0.25, -0.2) is 9.78 Å². The normalized spacial score (nSPS) is 11.7. The van der Waals surface area contributed by atoms with E-state index in [0.717, 1.165) is 31.4 Å². The zero-order chi connectivity index (χ0) is 27.7. The molecule has 0 N–H and O–H groups in total. The number of carbonyl (C=O) groups is 1. The van der Waals surface area contributed by atoms with E-state index in [0.29, 0.717) is 36.0 Å². The van der Waals surface area contributed by atoms with Crippen molar-refractivity contribution >= 4 is 18.1 Å². The van der Waals surface area contributed by atoms with Gasteiger partial charge in [-0.2, -0.15) is 13.2 Å². The number of ether oxygens (including phenoxy) is 2. The van der Waals surface area contributed by atoms with Crippen LogP contribution in [0.15, 0.2) is 65.4 Å². The SMILES string of the molecule is CCOC(=O)c1cn(CCCCc2ccc(OCc3coc(/C=C/c4ccc(C(F)(F)F)cc4)n3)cc2)nn1. The highest BCUT2D eigenvalue weighted by molar-refractivity contribution is 5.86. The minimum absolute atomic E-state index is 0.211. The van der Waals surface area contributed by atoms with Gasteiger partial charge in [-0.05, 0) is 67.7 Å². The maximum absolute atomic E-state index is 12.7. The number of carbonyl (C=O) groups excluding carboxylic acids is 1. The van der Waals surface area contributed by atoms with Crippen LogP contribution in [0, 0.1) is 0 Å². The summed E-state index contributed by atoms with van der Waals surface area (Å²) >= 11 is 0. The molecule has 0 aliphatic rings. The van der Waals surface area contributed by atoms with Crippen LogP contribution in [0.4, 0.5) is 13.2 Å². The lowest BCUT2D eigenvalue weighted by Gasteiger charge is -2.06. The van der Waals surface area contributed by atoms with Crippen LogP contribution in [-0.4, -0.2) is 32.6 Å². The summed E-state index contributed by atoms with van der Waals surface area (Å²) in [5, 5.41) is 7.79. The molecule has 0 amide bonds. The quantitative estimate of drug-likeness (QED) is 0.155. The molecule has 204 valence electrons. The molecule has 8 nitrogen and oxygen atoms in total. The predicted molar refractivity (Wildman–Crippen MR) is 137 cm³/mol. The summed E-state index contributed by atoms with van der Waals surface area (Å²) in [6, 6.07) is 12.6. The van der Waals surface area contributed by atoms with Crippen LogP contribution < -0.4 is 4.74 Å². The molecule has 0 bridgehead atoms. The lowest BCUT2D eigenvalue weighted by Crippen LogP contribution is -2.04. The van der Waals surface area contributed by atoms with Crippen LogP contribution >= 0.6 is 0 Å². The van der Waals surface area contributed by atoms with E-state index in [9.17, 15) is 18.0 Å². The number of rotatable bonds is 12. The van der Waals surface area contributed by atoms with Crippen LogP contribution in [0.2, 0.25) is 0 Å². The largest absolute Gasteiger partial charge is 0.487 e. The maximum atomic E-state index is 12.7. The van der Waals surface area contributed by atoms with Gasteiger partial charge in [-0.3, -0.25) is 4.68 Å². The molecule has 4 aromatic rings. The van der Waals surface area contributed by atoms with Crippen LogP contribution in [0.5, 0.6) is 5.75 Å². The topological polar surface area (TPSA) is 92.3 Å². The Hall–Kier alpha value is -4.41. The van der Waals surface area contributed by atoms with Crippen LogP contribution in [0.25, 0.3) is 12.2 Å². The van der Waals surface area contributed by atoms with Gasteiger partial charge in [0.1, 0.15) is 24.3 Å². The first-order chi connectivity index (χ1) is 18.8. The molecule has 0 radical (unpaired) electrons. The maximum Gasteiger partial charge on any atom is 0.416 e. The third-order valence-corrected chi connectivity index (χ3v) is 5.66. The molecule has 2 aromatic heterocycles. The Balaban J connectivity index is 1.18. The van der Waals surface area contributed by atoms with Gasteiger partial charge in [-0.1, -0.05) is 29.5 Å². The van der Waals surface area contributed by atoms with Gasteiger partial charge in [0, 0.05) is 12.6 Å². The lowest BCUT2D eigenvalue weighted by atomic mass is 10.1.